The smallest absolute Gasteiger partial charge is 0.209 e. The molecule has 0 atom stereocenters. The van der Waals surface area contributed by atoms with E-state index < -0.39 is 0 Å². The second-order valence-electron chi connectivity index (χ2n) is 4.83. The number of hydrogen-bond donors (Lipinski definition) is 0. The molecule has 19 heavy (non-hydrogen) atoms. The molecule has 1 aliphatic heterocycles. The molecule has 1 fully saturated rings. The molecule has 2 rings (SSSR count). The van der Waals surface area contributed by atoms with Gasteiger partial charge in [0.1, 0.15) is 5.75 Å². The summed E-state index contributed by atoms with van der Waals surface area (Å²) >= 11 is 12.3. The Morgan fingerprint density at radius 1 is 1.37 bits per heavy atom. The van der Waals surface area contributed by atoms with E-state index in [1.165, 1.54) is 0 Å². The van der Waals surface area contributed by atoms with Gasteiger partial charge in [0.25, 0.3) is 0 Å². The van der Waals surface area contributed by atoms with Gasteiger partial charge in [-0.05, 0) is 37.3 Å². The number of methoxy groups -OCH3 is 1. The van der Waals surface area contributed by atoms with Gasteiger partial charge in [0.2, 0.25) is 6.41 Å². The van der Waals surface area contributed by atoms with E-state index in [4.69, 9.17) is 27.9 Å². The van der Waals surface area contributed by atoms with Gasteiger partial charge in [-0.3, -0.25) is 4.79 Å². The molecule has 0 spiro atoms. The summed E-state index contributed by atoms with van der Waals surface area (Å²) in [5, 5.41) is 1.14. The molecular formula is C14H17Cl2NO2. The van der Waals surface area contributed by atoms with Crippen molar-refractivity contribution in [3.63, 3.8) is 0 Å². The molecule has 1 aromatic rings. The molecule has 0 radical (unpaired) electrons. The summed E-state index contributed by atoms with van der Waals surface area (Å²) in [5.41, 5.74) is 0.973. The lowest BCUT2D eigenvalue weighted by Gasteiger charge is -2.29. The van der Waals surface area contributed by atoms with Crippen LogP contribution < -0.4 is 4.74 Å². The van der Waals surface area contributed by atoms with Crippen molar-refractivity contribution in [3.8, 4) is 5.75 Å². The van der Waals surface area contributed by atoms with Crippen LogP contribution in [0.5, 0.6) is 5.75 Å². The van der Waals surface area contributed by atoms with Crippen LogP contribution in [0, 0.1) is 5.92 Å². The maximum Gasteiger partial charge on any atom is 0.209 e. The van der Waals surface area contributed by atoms with Crippen molar-refractivity contribution >= 4 is 29.6 Å². The third kappa shape index (κ3) is 3.34. The van der Waals surface area contributed by atoms with E-state index in [1.807, 2.05) is 11.0 Å². The standard InChI is InChI=1S/C14H17Cl2NO2/c1-19-13-3-2-12(15)14(16)11(13)8-10-4-6-17(9-18)7-5-10/h2-3,9-10H,4-8H2,1H3. The third-order valence-corrected chi connectivity index (χ3v) is 4.51. The highest BCUT2D eigenvalue weighted by molar-refractivity contribution is 6.42. The first-order chi connectivity index (χ1) is 9.15. The number of carbonyl (C=O) groups excluding carboxylic acids is 1. The first kappa shape index (κ1) is 14.5. The van der Waals surface area contributed by atoms with Crippen LogP contribution >= 0.6 is 23.2 Å². The first-order valence-electron chi connectivity index (χ1n) is 6.36. The lowest BCUT2D eigenvalue weighted by molar-refractivity contribution is -0.119. The van der Waals surface area contributed by atoms with Crippen molar-refractivity contribution in [1.29, 1.82) is 0 Å². The van der Waals surface area contributed by atoms with Gasteiger partial charge in [-0.25, -0.2) is 0 Å². The fourth-order valence-corrected chi connectivity index (χ4v) is 2.92. The van der Waals surface area contributed by atoms with E-state index in [1.54, 1.807) is 13.2 Å². The van der Waals surface area contributed by atoms with Gasteiger partial charge in [-0.1, -0.05) is 23.2 Å². The number of carbonyl (C=O) groups is 1. The number of rotatable bonds is 4. The zero-order valence-corrected chi connectivity index (χ0v) is 12.4. The van der Waals surface area contributed by atoms with Gasteiger partial charge in [-0.2, -0.15) is 0 Å². The Balaban J connectivity index is 2.11. The van der Waals surface area contributed by atoms with Crippen LogP contribution in [0.25, 0.3) is 0 Å². The Morgan fingerprint density at radius 3 is 2.63 bits per heavy atom. The molecule has 1 amide bonds. The van der Waals surface area contributed by atoms with E-state index >= 15 is 0 Å². The molecule has 104 valence electrons. The zero-order chi connectivity index (χ0) is 13.8. The Hall–Kier alpha value is -0.930. The van der Waals surface area contributed by atoms with Crippen molar-refractivity contribution in [2.24, 2.45) is 5.92 Å². The lowest BCUT2D eigenvalue weighted by atomic mass is 9.90. The Bertz CT molecular complexity index is 457. The molecule has 1 aliphatic rings. The molecule has 0 bridgehead atoms. The number of ether oxygens (including phenoxy) is 1. The lowest BCUT2D eigenvalue weighted by Crippen LogP contribution is -2.33. The van der Waals surface area contributed by atoms with Crippen LogP contribution in [-0.4, -0.2) is 31.5 Å². The Labute approximate surface area is 123 Å². The maximum absolute atomic E-state index is 10.7. The molecule has 1 saturated heterocycles. The topological polar surface area (TPSA) is 29.5 Å². The molecule has 1 aromatic carbocycles. The molecule has 0 aliphatic carbocycles. The second kappa shape index (κ2) is 6.49. The average Bonchev–Trinajstić information content (AvgIpc) is 2.45. The summed E-state index contributed by atoms with van der Waals surface area (Å²) in [5.74, 6) is 1.30. The van der Waals surface area contributed by atoms with E-state index in [0.717, 1.165) is 50.1 Å². The Morgan fingerprint density at radius 2 is 2.05 bits per heavy atom. The van der Waals surface area contributed by atoms with Gasteiger partial charge >= 0.3 is 0 Å². The average molecular weight is 302 g/mol. The summed E-state index contributed by atoms with van der Waals surface area (Å²) in [6, 6.07) is 3.60. The minimum atomic E-state index is 0.515. The van der Waals surface area contributed by atoms with Crippen LogP contribution in [-0.2, 0) is 11.2 Å². The molecular weight excluding hydrogens is 285 g/mol. The molecule has 0 saturated carbocycles. The van der Waals surface area contributed by atoms with E-state index in [-0.39, 0.29) is 0 Å². The number of amides is 1. The predicted octanol–water partition coefficient (Wildman–Crippen LogP) is 3.41. The number of likely N-dealkylation sites (tertiary alicyclic amines) is 1. The quantitative estimate of drug-likeness (QED) is 0.798. The fraction of sp³-hybridized carbons (Fsp3) is 0.500. The van der Waals surface area contributed by atoms with Crippen molar-refractivity contribution < 1.29 is 9.53 Å². The zero-order valence-electron chi connectivity index (χ0n) is 10.9. The number of halogens is 2. The van der Waals surface area contributed by atoms with Gasteiger partial charge in [-0.15, -0.1) is 0 Å². The monoisotopic (exact) mass is 301 g/mol. The number of benzene rings is 1. The number of hydrogen-bond acceptors (Lipinski definition) is 2. The third-order valence-electron chi connectivity index (χ3n) is 3.66. The van der Waals surface area contributed by atoms with Crippen molar-refractivity contribution in [3.05, 3.63) is 27.7 Å². The van der Waals surface area contributed by atoms with Crippen molar-refractivity contribution in [1.82, 2.24) is 4.90 Å². The Kier molecular flexibility index (Phi) is 4.94. The summed E-state index contributed by atoms with van der Waals surface area (Å²) < 4.78 is 5.36. The van der Waals surface area contributed by atoms with Crippen LogP contribution in [0.15, 0.2) is 12.1 Å². The molecule has 5 heteroatoms. The van der Waals surface area contributed by atoms with E-state index in [0.29, 0.717) is 16.0 Å². The molecule has 0 aromatic heterocycles. The number of piperidine rings is 1. The van der Waals surface area contributed by atoms with Crippen LogP contribution in [0.4, 0.5) is 0 Å². The van der Waals surface area contributed by atoms with Gasteiger partial charge in [0, 0.05) is 18.7 Å². The number of nitrogens with zero attached hydrogens (tertiary/aromatic N) is 1. The minimum Gasteiger partial charge on any atom is -0.496 e. The van der Waals surface area contributed by atoms with Gasteiger partial charge in [0.05, 0.1) is 17.2 Å². The first-order valence-corrected chi connectivity index (χ1v) is 7.11. The predicted molar refractivity (Wildman–Crippen MR) is 77.1 cm³/mol. The summed E-state index contributed by atoms with van der Waals surface area (Å²) in [6.45, 7) is 1.63. The van der Waals surface area contributed by atoms with Crippen LogP contribution in [0.3, 0.4) is 0 Å². The van der Waals surface area contributed by atoms with Gasteiger partial charge < -0.3 is 9.64 Å². The summed E-state index contributed by atoms with van der Waals surface area (Å²) in [4.78, 5) is 12.5. The maximum atomic E-state index is 10.7. The van der Waals surface area contributed by atoms with Crippen LogP contribution in [0.2, 0.25) is 10.0 Å². The highest BCUT2D eigenvalue weighted by Crippen LogP contribution is 2.36. The highest BCUT2D eigenvalue weighted by atomic mass is 35.5. The highest BCUT2D eigenvalue weighted by Gasteiger charge is 2.21. The van der Waals surface area contributed by atoms with Gasteiger partial charge in [0.15, 0.2) is 0 Å². The minimum absolute atomic E-state index is 0.515. The SMILES string of the molecule is COc1ccc(Cl)c(Cl)c1CC1CCN(C=O)CC1. The summed E-state index contributed by atoms with van der Waals surface area (Å²) in [6.07, 6.45) is 3.74. The normalized spacial score (nSPS) is 16.5. The van der Waals surface area contributed by atoms with E-state index in [9.17, 15) is 4.79 Å². The fourth-order valence-electron chi connectivity index (χ4n) is 2.51. The van der Waals surface area contributed by atoms with Crippen molar-refractivity contribution in [2.45, 2.75) is 19.3 Å². The van der Waals surface area contributed by atoms with Crippen molar-refractivity contribution in [2.75, 3.05) is 20.2 Å². The molecule has 0 unspecified atom stereocenters. The van der Waals surface area contributed by atoms with E-state index in [2.05, 4.69) is 0 Å². The second-order valence-corrected chi connectivity index (χ2v) is 5.62. The summed E-state index contributed by atoms with van der Waals surface area (Å²) in [7, 11) is 1.64. The molecule has 1 heterocycles. The molecule has 0 N–H and O–H groups in total. The largest absolute Gasteiger partial charge is 0.496 e. The molecule has 3 nitrogen and oxygen atoms in total. The van der Waals surface area contributed by atoms with Crippen LogP contribution in [0.1, 0.15) is 18.4 Å².